The molecule has 1 N–H and O–H groups in total. The number of rotatable bonds is 7. The molecule has 2 heterocycles. The smallest absolute Gasteiger partial charge is 0.274 e. The number of ether oxygens (including phenoxy) is 1. The van der Waals surface area contributed by atoms with E-state index in [1.165, 1.54) is 5.56 Å². The monoisotopic (exact) mass is 382 g/mol. The number of aryl methyl sites for hydroxylation is 4. The Labute approximate surface area is 164 Å². The maximum absolute atomic E-state index is 12.8. The van der Waals surface area contributed by atoms with Crippen LogP contribution in [-0.4, -0.2) is 20.8 Å². The molecule has 0 radical (unpaired) electrons. The molecule has 1 unspecified atom stereocenters. The molecular weight excluding hydrogens is 356 g/mol. The van der Waals surface area contributed by atoms with E-state index in [-0.39, 0.29) is 24.2 Å². The SMILES string of the molecule is CCc1ccc(OCc2c(C(=O)NC(C)c3cn(C)nc3C)noc2C)cc1. The lowest BCUT2D eigenvalue weighted by Gasteiger charge is -2.13. The number of nitrogens with zero attached hydrogens (tertiary/aromatic N) is 3. The van der Waals surface area contributed by atoms with Crippen molar-refractivity contribution in [1.82, 2.24) is 20.3 Å². The van der Waals surface area contributed by atoms with Crippen molar-refractivity contribution in [2.75, 3.05) is 0 Å². The zero-order chi connectivity index (χ0) is 20.3. The van der Waals surface area contributed by atoms with Crippen LogP contribution in [0, 0.1) is 13.8 Å². The van der Waals surface area contributed by atoms with Crippen LogP contribution in [0.15, 0.2) is 35.0 Å². The Bertz CT molecular complexity index is 957. The van der Waals surface area contributed by atoms with Gasteiger partial charge in [-0.1, -0.05) is 24.2 Å². The lowest BCUT2D eigenvalue weighted by molar-refractivity contribution is 0.0928. The largest absolute Gasteiger partial charge is 0.489 e. The van der Waals surface area contributed by atoms with Crippen LogP contribution in [0.3, 0.4) is 0 Å². The molecule has 7 heteroatoms. The van der Waals surface area contributed by atoms with E-state index in [4.69, 9.17) is 9.26 Å². The third kappa shape index (κ3) is 4.24. The van der Waals surface area contributed by atoms with Crippen molar-refractivity contribution < 1.29 is 14.1 Å². The normalized spacial score (nSPS) is 12.0. The summed E-state index contributed by atoms with van der Waals surface area (Å²) in [5.74, 6) is 1.01. The van der Waals surface area contributed by atoms with E-state index >= 15 is 0 Å². The molecule has 0 bridgehead atoms. The molecule has 1 amide bonds. The Hall–Kier alpha value is -3.09. The summed E-state index contributed by atoms with van der Waals surface area (Å²) in [4.78, 5) is 12.8. The van der Waals surface area contributed by atoms with E-state index in [1.807, 2.05) is 51.4 Å². The van der Waals surface area contributed by atoms with E-state index in [0.29, 0.717) is 11.3 Å². The Morgan fingerprint density at radius 1 is 1.29 bits per heavy atom. The molecule has 2 aromatic heterocycles. The fraction of sp³-hybridized carbons (Fsp3) is 0.381. The number of carbonyl (C=O) groups is 1. The van der Waals surface area contributed by atoms with Gasteiger partial charge in [-0.2, -0.15) is 5.10 Å². The van der Waals surface area contributed by atoms with Crippen molar-refractivity contribution in [3.63, 3.8) is 0 Å². The summed E-state index contributed by atoms with van der Waals surface area (Å²) in [6.07, 6.45) is 2.88. The molecule has 1 atom stereocenters. The minimum atomic E-state index is -0.299. The summed E-state index contributed by atoms with van der Waals surface area (Å²) < 4.78 is 12.8. The first-order valence-electron chi connectivity index (χ1n) is 9.37. The summed E-state index contributed by atoms with van der Waals surface area (Å²) in [5, 5.41) is 11.2. The molecule has 3 rings (SSSR count). The Kier molecular flexibility index (Phi) is 5.82. The number of nitrogens with one attached hydrogen (secondary N) is 1. The van der Waals surface area contributed by atoms with Gasteiger partial charge in [-0.05, 0) is 44.9 Å². The number of aromatic nitrogens is 3. The Balaban J connectivity index is 1.70. The Morgan fingerprint density at radius 2 is 2.00 bits per heavy atom. The predicted octanol–water partition coefficient (Wildman–Crippen LogP) is 3.66. The fourth-order valence-electron chi connectivity index (χ4n) is 3.10. The summed E-state index contributed by atoms with van der Waals surface area (Å²) in [6.45, 7) is 7.93. The highest BCUT2D eigenvalue weighted by molar-refractivity contribution is 5.94. The summed E-state index contributed by atoms with van der Waals surface area (Å²) in [7, 11) is 1.86. The maximum Gasteiger partial charge on any atom is 0.274 e. The molecule has 1 aromatic carbocycles. The maximum atomic E-state index is 12.8. The molecule has 0 saturated carbocycles. The highest BCUT2D eigenvalue weighted by Gasteiger charge is 2.23. The van der Waals surface area contributed by atoms with Crippen LogP contribution >= 0.6 is 0 Å². The molecule has 28 heavy (non-hydrogen) atoms. The molecular formula is C21H26N4O3. The number of hydrogen-bond acceptors (Lipinski definition) is 5. The quantitative estimate of drug-likeness (QED) is 0.674. The van der Waals surface area contributed by atoms with E-state index in [1.54, 1.807) is 11.6 Å². The van der Waals surface area contributed by atoms with Crippen LogP contribution in [0.1, 0.15) is 58.5 Å². The van der Waals surface area contributed by atoms with Gasteiger partial charge in [0.1, 0.15) is 18.1 Å². The van der Waals surface area contributed by atoms with Crippen molar-refractivity contribution in [2.24, 2.45) is 7.05 Å². The van der Waals surface area contributed by atoms with E-state index in [0.717, 1.165) is 23.4 Å². The fourth-order valence-corrected chi connectivity index (χ4v) is 3.10. The van der Waals surface area contributed by atoms with Crippen LogP contribution in [0.25, 0.3) is 0 Å². The molecule has 3 aromatic rings. The first kappa shape index (κ1) is 19.7. The van der Waals surface area contributed by atoms with Crippen LogP contribution in [0.4, 0.5) is 0 Å². The molecule has 0 aliphatic carbocycles. The third-order valence-corrected chi connectivity index (χ3v) is 4.78. The Morgan fingerprint density at radius 3 is 2.61 bits per heavy atom. The average Bonchev–Trinajstić information content (AvgIpc) is 3.21. The first-order chi connectivity index (χ1) is 13.4. The molecule has 148 valence electrons. The molecule has 0 aliphatic heterocycles. The van der Waals surface area contributed by atoms with Gasteiger partial charge in [-0.3, -0.25) is 9.48 Å². The van der Waals surface area contributed by atoms with Crippen LogP contribution in [0.5, 0.6) is 5.75 Å². The minimum absolute atomic E-state index is 0.200. The number of carbonyl (C=O) groups excluding carboxylic acids is 1. The topological polar surface area (TPSA) is 82.2 Å². The molecule has 0 aliphatic rings. The number of benzene rings is 1. The first-order valence-corrected chi connectivity index (χ1v) is 9.37. The molecule has 0 fully saturated rings. The van der Waals surface area contributed by atoms with Crippen molar-refractivity contribution in [3.05, 3.63) is 64.3 Å². The highest BCUT2D eigenvalue weighted by atomic mass is 16.5. The molecule has 0 spiro atoms. The predicted molar refractivity (Wildman–Crippen MR) is 105 cm³/mol. The van der Waals surface area contributed by atoms with Crippen LogP contribution in [0.2, 0.25) is 0 Å². The van der Waals surface area contributed by atoms with Gasteiger partial charge in [-0.25, -0.2) is 0 Å². The van der Waals surface area contributed by atoms with E-state index in [9.17, 15) is 4.79 Å². The number of amides is 1. The third-order valence-electron chi connectivity index (χ3n) is 4.78. The lowest BCUT2D eigenvalue weighted by Crippen LogP contribution is -2.28. The van der Waals surface area contributed by atoms with Crippen molar-refractivity contribution >= 4 is 5.91 Å². The van der Waals surface area contributed by atoms with Gasteiger partial charge in [0, 0.05) is 18.8 Å². The van der Waals surface area contributed by atoms with Gasteiger partial charge in [0.15, 0.2) is 5.69 Å². The van der Waals surface area contributed by atoms with Crippen LogP contribution in [-0.2, 0) is 20.1 Å². The summed E-state index contributed by atoms with van der Waals surface area (Å²) >= 11 is 0. The standard InChI is InChI=1S/C21H26N4O3/c1-6-16-7-9-17(10-8-16)27-12-19-15(4)28-24-20(19)21(26)22-13(2)18-11-25(5)23-14(18)3/h7-11,13H,6,12H2,1-5H3,(H,22,26). The van der Waals surface area contributed by atoms with Gasteiger partial charge in [0.2, 0.25) is 0 Å². The van der Waals surface area contributed by atoms with Gasteiger partial charge in [-0.15, -0.1) is 0 Å². The van der Waals surface area contributed by atoms with Crippen molar-refractivity contribution in [1.29, 1.82) is 0 Å². The van der Waals surface area contributed by atoms with Gasteiger partial charge in [0.25, 0.3) is 5.91 Å². The zero-order valence-corrected chi connectivity index (χ0v) is 16.9. The summed E-state index contributed by atoms with van der Waals surface area (Å²) in [6, 6.07) is 7.71. The minimum Gasteiger partial charge on any atom is -0.489 e. The van der Waals surface area contributed by atoms with E-state index < -0.39 is 0 Å². The number of hydrogen-bond donors (Lipinski definition) is 1. The molecule has 7 nitrogen and oxygen atoms in total. The molecule has 0 saturated heterocycles. The average molecular weight is 382 g/mol. The highest BCUT2D eigenvalue weighted by Crippen LogP contribution is 2.21. The second kappa shape index (κ2) is 8.29. The lowest BCUT2D eigenvalue weighted by atomic mass is 10.1. The zero-order valence-electron chi connectivity index (χ0n) is 16.9. The van der Waals surface area contributed by atoms with Crippen LogP contribution < -0.4 is 10.1 Å². The van der Waals surface area contributed by atoms with Crippen molar-refractivity contribution in [3.8, 4) is 5.75 Å². The van der Waals surface area contributed by atoms with E-state index in [2.05, 4.69) is 22.5 Å². The second-order valence-corrected chi connectivity index (χ2v) is 6.89. The van der Waals surface area contributed by atoms with Gasteiger partial charge in [0.05, 0.1) is 17.3 Å². The van der Waals surface area contributed by atoms with Gasteiger partial charge < -0.3 is 14.6 Å². The van der Waals surface area contributed by atoms with Crippen molar-refractivity contribution in [2.45, 2.75) is 46.8 Å². The second-order valence-electron chi connectivity index (χ2n) is 6.89. The van der Waals surface area contributed by atoms with Gasteiger partial charge >= 0.3 is 0 Å². The summed E-state index contributed by atoms with van der Waals surface area (Å²) in [5.41, 5.74) is 3.98.